The van der Waals surface area contributed by atoms with Crippen LogP contribution in [-0.4, -0.2) is 65.2 Å². The zero-order valence-corrected chi connectivity index (χ0v) is 22.5. The predicted octanol–water partition coefficient (Wildman–Crippen LogP) is 4.15. The molecule has 1 saturated heterocycles. The van der Waals surface area contributed by atoms with Gasteiger partial charge in [0.05, 0.1) is 16.6 Å². The van der Waals surface area contributed by atoms with Gasteiger partial charge >= 0.3 is 0 Å². The van der Waals surface area contributed by atoms with Crippen molar-refractivity contribution in [2.45, 2.75) is 18.8 Å². The number of pyridine rings is 2. The second-order valence-electron chi connectivity index (χ2n) is 10.9. The summed E-state index contributed by atoms with van der Waals surface area (Å²) in [4.78, 5) is 16.6. The molecule has 0 radical (unpaired) electrons. The Balaban J connectivity index is 1.20. The van der Waals surface area contributed by atoms with Crippen molar-refractivity contribution in [3.8, 4) is 22.9 Å². The number of nitrogens with zero attached hydrogens (tertiary/aromatic N) is 10. The van der Waals surface area contributed by atoms with E-state index in [1.807, 2.05) is 41.2 Å². The molecule has 2 aliphatic heterocycles. The van der Waals surface area contributed by atoms with Gasteiger partial charge in [0.25, 0.3) is 0 Å². The fourth-order valence-electron chi connectivity index (χ4n) is 6.06. The third kappa shape index (κ3) is 4.04. The van der Waals surface area contributed by atoms with Crippen LogP contribution in [0.5, 0.6) is 0 Å². The minimum atomic E-state index is 0.273. The van der Waals surface area contributed by atoms with Crippen LogP contribution < -0.4 is 5.73 Å². The van der Waals surface area contributed by atoms with Gasteiger partial charge in [-0.1, -0.05) is 6.07 Å². The summed E-state index contributed by atoms with van der Waals surface area (Å²) in [6.07, 6.45) is 11.6. The van der Waals surface area contributed by atoms with E-state index in [0.29, 0.717) is 23.4 Å². The predicted molar refractivity (Wildman–Crippen MR) is 155 cm³/mol. The molecule has 0 amide bonds. The molecule has 11 heteroatoms. The number of imidazole rings is 1. The Hall–Kier alpha value is -5.03. The first-order valence-corrected chi connectivity index (χ1v) is 13.8. The number of fused-ring (bicyclic) bond motifs is 2. The lowest BCUT2D eigenvalue weighted by molar-refractivity contribution is -0.461. The summed E-state index contributed by atoms with van der Waals surface area (Å²) in [5, 5.41) is 13.2. The molecule has 0 saturated carbocycles. The monoisotopic (exact) mass is 542 g/mol. The smallest absolute Gasteiger partial charge is 0.227 e. The van der Waals surface area contributed by atoms with Gasteiger partial charge < -0.3 is 10.6 Å². The van der Waals surface area contributed by atoms with E-state index < -0.39 is 0 Å². The molecule has 1 fully saturated rings. The molecule has 0 bridgehead atoms. The molecule has 11 nitrogen and oxygen atoms in total. The van der Waals surface area contributed by atoms with Crippen molar-refractivity contribution in [1.29, 1.82) is 0 Å². The number of rotatable bonds is 5. The summed E-state index contributed by atoms with van der Waals surface area (Å²) >= 11 is 0. The van der Waals surface area contributed by atoms with Crippen LogP contribution in [0.2, 0.25) is 0 Å². The van der Waals surface area contributed by atoms with Gasteiger partial charge in [-0.25, -0.2) is 19.6 Å². The summed E-state index contributed by atoms with van der Waals surface area (Å²) in [7, 11) is 2.13. The summed E-state index contributed by atoms with van der Waals surface area (Å²) in [6.45, 7) is 2.09. The van der Waals surface area contributed by atoms with Crippen molar-refractivity contribution >= 4 is 23.2 Å². The van der Waals surface area contributed by atoms with Gasteiger partial charge in [-0.05, 0) is 73.5 Å². The van der Waals surface area contributed by atoms with Crippen molar-refractivity contribution in [2.24, 2.45) is 16.3 Å². The molecule has 1 aliphatic carbocycles. The lowest BCUT2D eigenvalue weighted by Gasteiger charge is -2.33. The van der Waals surface area contributed by atoms with Gasteiger partial charge in [0.15, 0.2) is 23.5 Å². The summed E-state index contributed by atoms with van der Waals surface area (Å²) < 4.78 is 5.72. The van der Waals surface area contributed by atoms with Gasteiger partial charge in [0.1, 0.15) is 22.8 Å². The van der Waals surface area contributed by atoms with E-state index in [1.165, 1.54) is 11.1 Å². The molecule has 41 heavy (non-hydrogen) atoms. The first-order chi connectivity index (χ1) is 20.1. The summed E-state index contributed by atoms with van der Waals surface area (Å²) in [5.41, 5.74) is 13.3. The maximum atomic E-state index is 6.33. The van der Waals surface area contributed by atoms with E-state index in [2.05, 4.69) is 67.5 Å². The number of hydrogen-bond donors (Lipinski definition) is 1. The number of anilines is 1. The zero-order chi connectivity index (χ0) is 27.5. The van der Waals surface area contributed by atoms with Crippen LogP contribution in [0.4, 0.5) is 5.82 Å². The number of likely N-dealkylation sites (tertiary alicyclic amines) is 1. The number of aryl methyl sites for hydroxylation is 1. The molecule has 4 aromatic heterocycles. The van der Waals surface area contributed by atoms with Crippen LogP contribution in [0.3, 0.4) is 0 Å². The third-order valence-electron chi connectivity index (χ3n) is 8.16. The average molecular weight is 543 g/mol. The molecule has 202 valence electrons. The minimum absolute atomic E-state index is 0.273. The van der Waals surface area contributed by atoms with Gasteiger partial charge in [0.2, 0.25) is 5.70 Å². The Morgan fingerprint density at radius 1 is 1.05 bits per heavy atom. The molecule has 3 aliphatic rings. The fourth-order valence-corrected chi connectivity index (χ4v) is 6.06. The van der Waals surface area contributed by atoms with E-state index >= 15 is 0 Å². The molecule has 1 aromatic carbocycles. The molecule has 0 spiro atoms. The Bertz CT molecular complexity index is 1890. The van der Waals surface area contributed by atoms with Gasteiger partial charge in [-0.3, -0.25) is 4.57 Å². The van der Waals surface area contributed by atoms with Gasteiger partial charge in [0, 0.05) is 43.3 Å². The fraction of sp³-hybridized carbons (Fsp3) is 0.233. The van der Waals surface area contributed by atoms with Crippen LogP contribution >= 0.6 is 0 Å². The number of benzene rings is 1. The number of hydrogen-bond acceptors (Lipinski definition) is 8. The molecular weight excluding hydrogens is 514 g/mol. The van der Waals surface area contributed by atoms with Crippen molar-refractivity contribution in [2.75, 3.05) is 25.9 Å². The maximum Gasteiger partial charge on any atom is 0.227 e. The lowest BCUT2D eigenvalue weighted by Crippen LogP contribution is -2.44. The number of aromatic nitrogens is 6. The molecule has 1 unspecified atom stereocenters. The van der Waals surface area contributed by atoms with Crippen molar-refractivity contribution in [3.63, 3.8) is 0 Å². The van der Waals surface area contributed by atoms with Crippen LogP contribution in [0, 0.1) is 5.92 Å². The molecule has 2 N–H and O–H groups in total. The number of nitrogens with two attached hydrogens (primary N) is 1. The molecule has 8 rings (SSSR count). The summed E-state index contributed by atoms with van der Waals surface area (Å²) in [6, 6.07) is 16.2. The maximum absolute atomic E-state index is 6.33. The second kappa shape index (κ2) is 9.27. The van der Waals surface area contributed by atoms with E-state index in [0.717, 1.165) is 54.0 Å². The highest BCUT2D eigenvalue weighted by molar-refractivity contribution is 5.83. The lowest BCUT2D eigenvalue weighted by atomic mass is 9.98. The highest BCUT2D eigenvalue weighted by Gasteiger charge is 2.35. The highest BCUT2D eigenvalue weighted by Crippen LogP contribution is 2.36. The quantitative estimate of drug-likeness (QED) is 0.334. The zero-order valence-electron chi connectivity index (χ0n) is 22.5. The third-order valence-corrected chi connectivity index (χ3v) is 8.16. The average Bonchev–Trinajstić information content (AvgIpc) is 3.78. The SMILES string of the molecule is CN1CC(C2=C/[N+](=C/C3CCc4cc(-n5c(-c6cccnc6N)nc6ccc(-n7cccn7)nc65)ccc43)N=N2)C1. The topological polar surface area (TPSA) is 118 Å². The van der Waals surface area contributed by atoms with Crippen LogP contribution in [0.25, 0.3) is 34.1 Å². The Morgan fingerprint density at radius 3 is 2.80 bits per heavy atom. The molecule has 6 heterocycles. The van der Waals surface area contributed by atoms with E-state index in [1.54, 1.807) is 17.1 Å². The minimum Gasteiger partial charge on any atom is -0.383 e. The Morgan fingerprint density at radius 2 is 1.98 bits per heavy atom. The van der Waals surface area contributed by atoms with Crippen molar-refractivity contribution < 1.29 is 4.68 Å². The van der Waals surface area contributed by atoms with Crippen molar-refractivity contribution in [1.82, 2.24) is 34.2 Å². The van der Waals surface area contributed by atoms with Crippen LogP contribution in [0.1, 0.15) is 23.5 Å². The first kappa shape index (κ1) is 23.8. The largest absolute Gasteiger partial charge is 0.383 e. The number of nitrogen functional groups attached to an aromatic ring is 1. The second-order valence-corrected chi connectivity index (χ2v) is 10.9. The normalized spacial score (nSPS) is 19.7. The molecule has 5 aromatic rings. The van der Waals surface area contributed by atoms with Gasteiger partial charge in [-0.15, -0.1) is 4.68 Å². The standard InChI is InChI=1S/C30H28N11/c1-38-15-21(16-38)26-18-39(37-36-26)17-20-6-5-19-14-22(7-8-23(19)20)41-29(24-4-2-11-32-28(24)31)34-25-9-10-27(35-30(25)41)40-13-3-12-33-40/h2-4,7-14,17-18,20-21H,5-6,15-16H2,1H3,(H2,31,32)/q+1/b39-17-. The van der Waals surface area contributed by atoms with E-state index in [4.69, 9.17) is 15.7 Å². The van der Waals surface area contributed by atoms with Crippen LogP contribution in [0.15, 0.2) is 89.4 Å². The highest BCUT2D eigenvalue weighted by atomic mass is 15.5. The molecule has 1 atom stereocenters. The Labute approximate surface area is 236 Å². The Kier molecular flexibility index (Phi) is 5.39. The van der Waals surface area contributed by atoms with E-state index in [-0.39, 0.29) is 5.92 Å². The summed E-state index contributed by atoms with van der Waals surface area (Å²) in [5.74, 6) is 2.60. The van der Waals surface area contributed by atoms with Crippen molar-refractivity contribution in [3.05, 3.63) is 90.1 Å². The van der Waals surface area contributed by atoms with Gasteiger partial charge in [-0.2, -0.15) is 5.10 Å². The van der Waals surface area contributed by atoms with E-state index in [9.17, 15) is 0 Å². The molecular formula is C30H28N11+. The van der Waals surface area contributed by atoms with Crippen LogP contribution in [-0.2, 0) is 6.42 Å². The first-order valence-electron chi connectivity index (χ1n) is 13.8.